The SMILES string of the molecule is CCc1ccc(-c2ccc(CC)c(CC)c2O)cc1. The molecule has 0 spiro atoms. The quantitative estimate of drug-likeness (QED) is 0.835. The Bertz CT molecular complexity index is 553. The second kappa shape index (κ2) is 5.92. The van der Waals surface area contributed by atoms with Crippen LogP contribution >= 0.6 is 0 Å². The van der Waals surface area contributed by atoms with E-state index in [1.165, 1.54) is 11.1 Å². The van der Waals surface area contributed by atoms with Crippen LogP contribution in [0.3, 0.4) is 0 Å². The first-order valence-electron chi connectivity index (χ1n) is 7.14. The summed E-state index contributed by atoms with van der Waals surface area (Å²) in [4.78, 5) is 0. The Balaban J connectivity index is 2.49. The summed E-state index contributed by atoms with van der Waals surface area (Å²) < 4.78 is 0. The molecule has 0 aliphatic heterocycles. The van der Waals surface area contributed by atoms with Crippen LogP contribution < -0.4 is 0 Å². The van der Waals surface area contributed by atoms with Gasteiger partial charge in [-0.2, -0.15) is 0 Å². The fraction of sp³-hybridized carbons (Fsp3) is 0.333. The van der Waals surface area contributed by atoms with Gasteiger partial charge in [-0.3, -0.25) is 0 Å². The molecular weight excluding hydrogens is 232 g/mol. The minimum atomic E-state index is 0.450. The van der Waals surface area contributed by atoms with E-state index in [2.05, 4.69) is 51.1 Å². The van der Waals surface area contributed by atoms with Crippen LogP contribution in [0.2, 0.25) is 0 Å². The first-order valence-corrected chi connectivity index (χ1v) is 7.14. The van der Waals surface area contributed by atoms with Gasteiger partial charge in [0.15, 0.2) is 0 Å². The molecule has 0 aliphatic carbocycles. The topological polar surface area (TPSA) is 20.2 Å². The molecule has 0 heterocycles. The molecule has 0 saturated carbocycles. The smallest absolute Gasteiger partial charge is 0.126 e. The van der Waals surface area contributed by atoms with E-state index in [9.17, 15) is 5.11 Å². The molecule has 0 radical (unpaired) electrons. The second-order valence-corrected chi connectivity index (χ2v) is 4.86. The molecule has 0 saturated heterocycles. The predicted octanol–water partition coefficient (Wildman–Crippen LogP) is 4.75. The van der Waals surface area contributed by atoms with Gasteiger partial charge in [0.05, 0.1) is 0 Å². The fourth-order valence-corrected chi connectivity index (χ4v) is 2.56. The normalized spacial score (nSPS) is 10.7. The Hall–Kier alpha value is -1.76. The van der Waals surface area contributed by atoms with E-state index in [0.717, 1.165) is 36.0 Å². The Morgan fingerprint density at radius 1 is 0.789 bits per heavy atom. The lowest BCUT2D eigenvalue weighted by atomic mass is 9.94. The van der Waals surface area contributed by atoms with E-state index >= 15 is 0 Å². The number of aromatic hydroxyl groups is 1. The van der Waals surface area contributed by atoms with Gasteiger partial charge in [0.2, 0.25) is 0 Å². The summed E-state index contributed by atoms with van der Waals surface area (Å²) in [5.74, 6) is 0.450. The maximum absolute atomic E-state index is 10.5. The van der Waals surface area contributed by atoms with Gasteiger partial charge in [0.25, 0.3) is 0 Å². The second-order valence-electron chi connectivity index (χ2n) is 4.86. The minimum absolute atomic E-state index is 0.450. The van der Waals surface area contributed by atoms with E-state index in [0.29, 0.717) is 5.75 Å². The molecule has 1 N–H and O–H groups in total. The zero-order valence-electron chi connectivity index (χ0n) is 12.0. The molecule has 0 aromatic heterocycles. The van der Waals surface area contributed by atoms with Crippen molar-refractivity contribution in [3.8, 4) is 16.9 Å². The highest BCUT2D eigenvalue weighted by Gasteiger charge is 2.11. The molecule has 0 aliphatic rings. The van der Waals surface area contributed by atoms with Crippen LogP contribution in [0.5, 0.6) is 5.75 Å². The monoisotopic (exact) mass is 254 g/mol. The summed E-state index contributed by atoms with van der Waals surface area (Å²) in [6.45, 7) is 6.37. The van der Waals surface area contributed by atoms with E-state index < -0.39 is 0 Å². The lowest BCUT2D eigenvalue weighted by Gasteiger charge is -2.13. The van der Waals surface area contributed by atoms with Gasteiger partial charge in [-0.1, -0.05) is 57.2 Å². The summed E-state index contributed by atoms with van der Waals surface area (Å²) in [7, 11) is 0. The molecule has 1 nitrogen and oxygen atoms in total. The first-order chi connectivity index (χ1) is 9.21. The Morgan fingerprint density at radius 2 is 1.47 bits per heavy atom. The van der Waals surface area contributed by atoms with Gasteiger partial charge >= 0.3 is 0 Å². The summed E-state index contributed by atoms with van der Waals surface area (Å²) in [5, 5.41) is 10.5. The van der Waals surface area contributed by atoms with Gasteiger partial charge in [-0.05, 0) is 41.5 Å². The predicted molar refractivity (Wildman–Crippen MR) is 81.7 cm³/mol. The van der Waals surface area contributed by atoms with Crippen molar-refractivity contribution in [2.45, 2.75) is 40.0 Å². The Morgan fingerprint density at radius 3 is 2.00 bits per heavy atom. The number of rotatable bonds is 4. The summed E-state index contributed by atoms with van der Waals surface area (Å²) in [6.07, 6.45) is 2.88. The van der Waals surface area contributed by atoms with Crippen LogP contribution in [0.25, 0.3) is 11.1 Å². The molecule has 0 unspecified atom stereocenters. The Labute approximate surface area is 115 Å². The van der Waals surface area contributed by atoms with Crippen molar-refractivity contribution in [1.29, 1.82) is 0 Å². The zero-order chi connectivity index (χ0) is 13.8. The maximum Gasteiger partial charge on any atom is 0.126 e. The Kier molecular flexibility index (Phi) is 4.26. The third-order valence-corrected chi connectivity index (χ3v) is 3.79. The van der Waals surface area contributed by atoms with Crippen molar-refractivity contribution in [1.82, 2.24) is 0 Å². The van der Waals surface area contributed by atoms with E-state index in [4.69, 9.17) is 0 Å². The highest BCUT2D eigenvalue weighted by Crippen LogP contribution is 2.34. The van der Waals surface area contributed by atoms with Crippen LogP contribution in [0, 0.1) is 0 Å². The standard InChI is InChI=1S/C18H22O/c1-4-13-7-9-15(10-8-13)17-12-11-14(5-2)16(6-3)18(17)19/h7-12,19H,4-6H2,1-3H3. The van der Waals surface area contributed by atoms with Gasteiger partial charge in [-0.15, -0.1) is 0 Å². The third kappa shape index (κ3) is 2.65. The number of phenolic OH excluding ortho intramolecular Hbond substituents is 1. The summed E-state index contributed by atoms with van der Waals surface area (Å²) >= 11 is 0. The molecule has 2 aromatic carbocycles. The minimum Gasteiger partial charge on any atom is -0.507 e. The lowest BCUT2D eigenvalue weighted by molar-refractivity contribution is 0.470. The lowest BCUT2D eigenvalue weighted by Crippen LogP contribution is -1.94. The van der Waals surface area contributed by atoms with Crippen molar-refractivity contribution < 1.29 is 5.11 Å². The van der Waals surface area contributed by atoms with Crippen molar-refractivity contribution in [3.63, 3.8) is 0 Å². The molecule has 1 heteroatoms. The molecule has 0 fully saturated rings. The summed E-state index contributed by atoms with van der Waals surface area (Å²) in [6, 6.07) is 12.6. The van der Waals surface area contributed by atoms with E-state index in [1.807, 2.05) is 6.07 Å². The largest absolute Gasteiger partial charge is 0.507 e. The number of phenols is 1. The highest BCUT2D eigenvalue weighted by atomic mass is 16.3. The van der Waals surface area contributed by atoms with Crippen LogP contribution in [-0.4, -0.2) is 5.11 Å². The van der Waals surface area contributed by atoms with Crippen molar-refractivity contribution in [2.75, 3.05) is 0 Å². The number of benzene rings is 2. The number of aryl methyl sites for hydroxylation is 2. The molecule has 0 bridgehead atoms. The average molecular weight is 254 g/mol. The molecular formula is C18H22O. The van der Waals surface area contributed by atoms with Crippen molar-refractivity contribution in [3.05, 3.63) is 53.1 Å². The molecule has 0 atom stereocenters. The third-order valence-electron chi connectivity index (χ3n) is 3.79. The van der Waals surface area contributed by atoms with Gasteiger partial charge in [0.1, 0.15) is 5.75 Å². The molecule has 0 amide bonds. The molecule has 19 heavy (non-hydrogen) atoms. The van der Waals surface area contributed by atoms with Gasteiger partial charge in [0, 0.05) is 5.56 Å². The van der Waals surface area contributed by atoms with E-state index in [1.54, 1.807) is 0 Å². The van der Waals surface area contributed by atoms with E-state index in [-0.39, 0.29) is 0 Å². The molecule has 2 aromatic rings. The van der Waals surface area contributed by atoms with Crippen LogP contribution in [0.4, 0.5) is 0 Å². The first kappa shape index (κ1) is 13.7. The number of hydrogen-bond acceptors (Lipinski definition) is 1. The van der Waals surface area contributed by atoms with Crippen LogP contribution in [0.1, 0.15) is 37.5 Å². The van der Waals surface area contributed by atoms with Gasteiger partial charge < -0.3 is 5.11 Å². The average Bonchev–Trinajstić information content (AvgIpc) is 2.47. The van der Waals surface area contributed by atoms with Crippen LogP contribution in [0.15, 0.2) is 36.4 Å². The summed E-state index contributed by atoms with van der Waals surface area (Å²) in [5.41, 5.74) is 5.68. The highest BCUT2D eigenvalue weighted by molar-refractivity contribution is 5.73. The van der Waals surface area contributed by atoms with Crippen molar-refractivity contribution >= 4 is 0 Å². The fourth-order valence-electron chi connectivity index (χ4n) is 2.56. The van der Waals surface area contributed by atoms with Crippen molar-refractivity contribution in [2.24, 2.45) is 0 Å². The van der Waals surface area contributed by atoms with Gasteiger partial charge in [-0.25, -0.2) is 0 Å². The zero-order valence-corrected chi connectivity index (χ0v) is 12.0. The molecule has 100 valence electrons. The maximum atomic E-state index is 10.5. The molecule has 2 rings (SSSR count). The number of hydrogen-bond donors (Lipinski definition) is 1. The van der Waals surface area contributed by atoms with Crippen LogP contribution in [-0.2, 0) is 19.3 Å².